The third-order valence-corrected chi connectivity index (χ3v) is 4.38. The summed E-state index contributed by atoms with van der Waals surface area (Å²) < 4.78 is 5.02. The minimum atomic E-state index is -0.578. The van der Waals surface area contributed by atoms with Gasteiger partial charge >= 0.3 is 5.97 Å². The average Bonchev–Trinajstić information content (AvgIpc) is 2.37. The lowest BCUT2D eigenvalue weighted by atomic mass is 10.0. The van der Waals surface area contributed by atoms with Crippen molar-refractivity contribution in [2.75, 3.05) is 0 Å². The lowest BCUT2D eigenvalue weighted by Gasteiger charge is -2.15. The van der Waals surface area contributed by atoms with Crippen molar-refractivity contribution in [1.82, 2.24) is 0 Å². The van der Waals surface area contributed by atoms with Crippen molar-refractivity contribution in [3.8, 4) is 16.9 Å². The smallest absolute Gasteiger partial charge is 0.308 e. The zero-order valence-electron chi connectivity index (χ0n) is 10.8. The molecule has 0 bridgehead atoms. The van der Waals surface area contributed by atoms with Gasteiger partial charge in [0.2, 0.25) is 0 Å². The van der Waals surface area contributed by atoms with Gasteiger partial charge in [-0.15, -0.1) is 0 Å². The van der Waals surface area contributed by atoms with E-state index in [1.165, 1.54) is 25.1 Å². The van der Waals surface area contributed by atoms with Crippen LogP contribution in [-0.2, 0) is 4.79 Å². The summed E-state index contributed by atoms with van der Waals surface area (Å²) in [4.78, 5) is 11.2. The Bertz CT molecular complexity index is 749. The molecule has 0 aliphatic heterocycles. The van der Waals surface area contributed by atoms with Crippen LogP contribution in [0.3, 0.4) is 0 Å². The standard InChI is InChI=1S/C14H6Cl6O2/c1-5(21)22-14-10(19)4-9(18)12(13(14)20)11-7(16)2-6(15)3-8(11)17/h2-4H,1H3. The number of hydrogen-bond donors (Lipinski definition) is 0. The molecule has 0 radical (unpaired) electrons. The van der Waals surface area contributed by atoms with Crippen LogP contribution in [0.15, 0.2) is 18.2 Å². The molecule has 22 heavy (non-hydrogen) atoms. The number of hydrogen-bond acceptors (Lipinski definition) is 2. The Balaban J connectivity index is 2.79. The summed E-state index contributed by atoms with van der Waals surface area (Å²) >= 11 is 36.8. The van der Waals surface area contributed by atoms with Gasteiger partial charge in [-0.3, -0.25) is 4.79 Å². The van der Waals surface area contributed by atoms with Crippen molar-refractivity contribution in [1.29, 1.82) is 0 Å². The number of esters is 1. The van der Waals surface area contributed by atoms with E-state index in [0.29, 0.717) is 16.1 Å². The number of ether oxygens (including phenoxy) is 1. The van der Waals surface area contributed by atoms with Gasteiger partial charge in [-0.25, -0.2) is 0 Å². The maximum atomic E-state index is 11.2. The Hall–Kier alpha value is -0.350. The van der Waals surface area contributed by atoms with Crippen LogP contribution in [0.2, 0.25) is 30.1 Å². The van der Waals surface area contributed by atoms with E-state index in [1.54, 1.807) is 0 Å². The second-order valence-electron chi connectivity index (χ2n) is 4.20. The summed E-state index contributed by atoms with van der Waals surface area (Å²) in [7, 11) is 0. The summed E-state index contributed by atoms with van der Waals surface area (Å²) in [6, 6.07) is 4.39. The predicted octanol–water partition coefficient (Wildman–Crippen LogP) is 7.20. The van der Waals surface area contributed by atoms with E-state index in [4.69, 9.17) is 74.3 Å². The molecule has 0 spiro atoms. The van der Waals surface area contributed by atoms with Crippen molar-refractivity contribution in [3.63, 3.8) is 0 Å². The summed E-state index contributed by atoms with van der Waals surface area (Å²) in [6.07, 6.45) is 0. The lowest BCUT2D eigenvalue weighted by Crippen LogP contribution is -2.03. The number of carbonyl (C=O) groups excluding carboxylic acids is 1. The van der Waals surface area contributed by atoms with E-state index < -0.39 is 5.97 Å². The summed E-state index contributed by atoms with van der Waals surface area (Å²) in [5, 5.41) is 1.18. The van der Waals surface area contributed by atoms with E-state index in [-0.39, 0.29) is 30.9 Å². The molecule has 2 rings (SSSR count). The summed E-state index contributed by atoms with van der Waals surface area (Å²) in [5.41, 5.74) is 0.670. The quantitative estimate of drug-likeness (QED) is 0.380. The average molecular weight is 419 g/mol. The van der Waals surface area contributed by atoms with E-state index in [2.05, 4.69) is 0 Å². The molecular weight excluding hydrogens is 413 g/mol. The van der Waals surface area contributed by atoms with E-state index in [0.717, 1.165) is 0 Å². The van der Waals surface area contributed by atoms with Gasteiger partial charge in [0.15, 0.2) is 5.75 Å². The predicted molar refractivity (Wildman–Crippen MR) is 93.2 cm³/mol. The Morgan fingerprint density at radius 2 is 1.32 bits per heavy atom. The van der Waals surface area contributed by atoms with Gasteiger partial charge in [0.05, 0.1) is 25.1 Å². The molecule has 2 nitrogen and oxygen atoms in total. The number of carbonyl (C=O) groups is 1. The van der Waals surface area contributed by atoms with Crippen LogP contribution in [0.1, 0.15) is 6.92 Å². The molecule has 2 aromatic rings. The summed E-state index contributed by atoms with van der Waals surface area (Å²) in [5.74, 6) is -0.595. The highest BCUT2D eigenvalue weighted by Crippen LogP contribution is 2.49. The Morgan fingerprint density at radius 3 is 1.82 bits per heavy atom. The fraction of sp³-hybridized carbons (Fsp3) is 0.0714. The van der Waals surface area contributed by atoms with Crippen LogP contribution in [0.4, 0.5) is 0 Å². The third-order valence-electron chi connectivity index (χ3n) is 2.63. The fourth-order valence-electron chi connectivity index (χ4n) is 1.82. The highest BCUT2D eigenvalue weighted by Gasteiger charge is 2.22. The molecule has 0 aliphatic rings. The molecule has 0 N–H and O–H groups in total. The topological polar surface area (TPSA) is 26.3 Å². The first-order valence-corrected chi connectivity index (χ1v) is 8.00. The first-order chi connectivity index (χ1) is 10.2. The van der Waals surface area contributed by atoms with Gasteiger partial charge in [-0.05, 0) is 18.2 Å². The molecule has 0 unspecified atom stereocenters. The highest BCUT2D eigenvalue weighted by molar-refractivity contribution is 6.47. The number of rotatable bonds is 2. The maximum absolute atomic E-state index is 11.2. The minimum Gasteiger partial charge on any atom is -0.423 e. The van der Waals surface area contributed by atoms with Gasteiger partial charge in [-0.2, -0.15) is 0 Å². The van der Waals surface area contributed by atoms with Crippen LogP contribution in [0, 0.1) is 0 Å². The molecule has 0 fully saturated rings. The number of benzene rings is 2. The van der Waals surface area contributed by atoms with E-state index >= 15 is 0 Å². The first kappa shape index (κ1) is 18.0. The van der Waals surface area contributed by atoms with E-state index in [9.17, 15) is 4.79 Å². The molecule has 0 amide bonds. The zero-order chi connectivity index (χ0) is 16.6. The van der Waals surface area contributed by atoms with Gasteiger partial charge in [0.1, 0.15) is 0 Å². The van der Waals surface area contributed by atoms with E-state index in [1.807, 2.05) is 0 Å². The number of halogens is 6. The molecule has 0 aliphatic carbocycles. The molecule has 116 valence electrons. The van der Waals surface area contributed by atoms with Crippen molar-refractivity contribution in [3.05, 3.63) is 48.3 Å². The van der Waals surface area contributed by atoms with Crippen LogP contribution < -0.4 is 4.74 Å². The molecule has 0 saturated carbocycles. The van der Waals surface area contributed by atoms with Gasteiger partial charge < -0.3 is 4.74 Å². The summed E-state index contributed by atoms with van der Waals surface area (Å²) in [6.45, 7) is 1.23. The molecule has 8 heteroatoms. The fourth-order valence-corrected chi connectivity index (χ4v) is 3.86. The van der Waals surface area contributed by atoms with Crippen LogP contribution >= 0.6 is 69.6 Å². The minimum absolute atomic E-state index is 0.0164. The van der Waals surface area contributed by atoms with Crippen LogP contribution in [0.25, 0.3) is 11.1 Å². The van der Waals surface area contributed by atoms with Crippen LogP contribution in [-0.4, -0.2) is 5.97 Å². The molecular formula is C14H6Cl6O2. The molecule has 0 aromatic heterocycles. The maximum Gasteiger partial charge on any atom is 0.308 e. The zero-order valence-corrected chi connectivity index (χ0v) is 15.4. The first-order valence-electron chi connectivity index (χ1n) is 5.73. The molecule has 0 atom stereocenters. The monoisotopic (exact) mass is 416 g/mol. The second kappa shape index (κ2) is 7.04. The van der Waals surface area contributed by atoms with Crippen molar-refractivity contribution >= 4 is 75.6 Å². The molecule has 2 aromatic carbocycles. The molecule has 0 heterocycles. The Labute approximate surface area is 156 Å². The molecule has 0 saturated heterocycles. The van der Waals surface area contributed by atoms with Gasteiger partial charge in [0, 0.05) is 23.1 Å². The second-order valence-corrected chi connectivity index (χ2v) is 6.64. The lowest BCUT2D eigenvalue weighted by molar-refractivity contribution is -0.131. The van der Waals surface area contributed by atoms with Gasteiger partial charge in [0.25, 0.3) is 0 Å². The normalized spacial score (nSPS) is 10.7. The van der Waals surface area contributed by atoms with Gasteiger partial charge in [-0.1, -0.05) is 69.6 Å². The largest absolute Gasteiger partial charge is 0.423 e. The highest BCUT2D eigenvalue weighted by atomic mass is 35.5. The Kier molecular flexibility index (Phi) is 5.76. The SMILES string of the molecule is CC(=O)Oc1c(Cl)cc(Cl)c(-c2c(Cl)cc(Cl)cc2Cl)c1Cl. The third kappa shape index (κ3) is 3.59. The van der Waals surface area contributed by atoms with Crippen molar-refractivity contribution in [2.45, 2.75) is 6.92 Å². The Morgan fingerprint density at radius 1 is 0.818 bits per heavy atom. The van der Waals surface area contributed by atoms with Crippen LogP contribution in [0.5, 0.6) is 5.75 Å². The van der Waals surface area contributed by atoms with Crippen molar-refractivity contribution in [2.24, 2.45) is 0 Å². The van der Waals surface area contributed by atoms with Crippen molar-refractivity contribution < 1.29 is 9.53 Å².